The summed E-state index contributed by atoms with van der Waals surface area (Å²) < 4.78 is 26.8. The van der Waals surface area contributed by atoms with Crippen LogP contribution in [0.1, 0.15) is 123 Å². The number of halogens is 1. The zero-order valence-electron chi connectivity index (χ0n) is 48.0. The van der Waals surface area contributed by atoms with E-state index in [9.17, 15) is 38.4 Å². The van der Waals surface area contributed by atoms with Crippen LogP contribution in [0.4, 0.5) is 0 Å². The Morgan fingerprint density at radius 1 is 0.468 bits per heavy atom. The van der Waals surface area contributed by atoms with E-state index in [-0.39, 0.29) is 62.2 Å². The lowest BCUT2D eigenvalue weighted by molar-refractivity contribution is -0.176. The summed E-state index contributed by atoms with van der Waals surface area (Å²) in [6, 6.07) is 11.2. The second-order valence-corrected chi connectivity index (χ2v) is 23.0. The number of amides is 4. The minimum atomic E-state index is -1.53. The summed E-state index contributed by atoms with van der Waals surface area (Å²) in [4.78, 5) is 121. The van der Waals surface area contributed by atoms with Gasteiger partial charge in [-0.25, -0.2) is 19.2 Å². The van der Waals surface area contributed by atoms with E-state index >= 15 is 0 Å². The average molecular weight is 1140 g/mol. The highest BCUT2D eigenvalue weighted by Gasteiger charge is 2.43. The van der Waals surface area contributed by atoms with Crippen LogP contribution in [0.5, 0.6) is 0 Å². The van der Waals surface area contributed by atoms with Crippen LogP contribution in [0, 0.1) is 37.5 Å². The summed E-state index contributed by atoms with van der Waals surface area (Å²) in [5, 5.41) is 4.62. The number of nitrogens with zero attached hydrogens (tertiary/aromatic N) is 6. The number of carbonyl (C=O) groups excluding carboxylic acids is 8. The standard InChI is InChI=1S/C58H83BrN6O12/c1-33(2)26-44-55(70)74-40(12)52(67)62(14)47(29-36(7)8)58(73)77-49(31-42-22-24-43(25-23-42)32-65-38(10)50(59)37(9)60-65)54(69)64(16)45(27-34(3)4)56(71)75-39(11)51(66)61(13)46(28-35(5)6)57(72)76-48(53(68)63(44)15)30-41-20-18-17-19-21-41/h17-25,33-36,39-40,44-49H,26-32H2,1-16H3/t39-,40-,44+,45+,46+,47+,48-,49-/m1/s1. The molecule has 19 heteroatoms. The normalized spacial score (nSPS) is 23.7. The molecule has 1 fully saturated rings. The molecule has 0 N–H and O–H groups in total. The molecule has 3 aromatic rings. The van der Waals surface area contributed by atoms with Gasteiger partial charge < -0.3 is 38.5 Å². The molecule has 0 saturated carbocycles. The fourth-order valence-corrected chi connectivity index (χ4v) is 9.59. The van der Waals surface area contributed by atoms with E-state index in [0.717, 1.165) is 41.0 Å². The van der Waals surface area contributed by atoms with E-state index in [0.29, 0.717) is 17.7 Å². The fraction of sp³-hybridized carbons (Fsp3) is 0.603. The van der Waals surface area contributed by atoms with Gasteiger partial charge in [0.15, 0.2) is 24.4 Å². The van der Waals surface area contributed by atoms with E-state index in [1.165, 1.54) is 42.0 Å². The van der Waals surface area contributed by atoms with Crippen molar-refractivity contribution >= 4 is 63.4 Å². The third-order valence-electron chi connectivity index (χ3n) is 13.8. The molecular formula is C58H83BrN6O12. The number of aromatic nitrogens is 2. The first-order chi connectivity index (χ1) is 36.0. The fourth-order valence-electron chi connectivity index (χ4n) is 9.31. The number of benzene rings is 2. The molecule has 1 aliphatic rings. The van der Waals surface area contributed by atoms with Gasteiger partial charge in [-0.1, -0.05) is 110 Å². The Labute approximate surface area is 463 Å². The molecule has 4 rings (SSSR count). The SMILES string of the molecule is Cc1nn(Cc2ccc(C[C@H]3OC(=O)[C@H](CC(C)C)N(C)C(=O)[C@@H](C)OC(=O)[C@H](CC(C)C)N(C)C(=O)[C@@H](Cc4ccccc4)OC(=O)[C@H](CC(C)C)N(C)C(=O)[C@@H](C)OC(=O)[C@H](CC(C)C)N(C)C3=O)cc2)c(C)c1Br. The molecule has 1 saturated heterocycles. The zero-order valence-corrected chi connectivity index (χ0v) is 49.6. The number of hydrogen-bond acceptors (Lipinski definition) is 13. The van der Waals surface area contributed by atoms with Crippen LogP contribution in [-0.2, 0) is 76.7 Å². The maximum absolute atomic E-state index is 15.0. The van der Waals surface area contributed by atoms with Crippen molar-refractivity contribution in [1.29, 1.82) is 0 Å². The van der Waals surface area contributed by atoms with Crippen LogP contribution in [-0.4, -0.2) is 154 Å². The predicted molar refractivity (Wildman–Crippen MR) is 294 cm³/mol. The predicted octanol–water partition coefficient (Wildman–Crippen LogP) is 7.29. The lowest BCUT2D eigenvalue weighted by atomic mass is 9.99. The van der Waals surface area contributed by atoms with Crippen molar-refractivity contribution in [1.82, 2.24) is 29.4 Å². The molecule has 0 spiro atoms. The van der Waals surface area contributed by atoms with Gasteiger partial charge in [0, 0.05) is 41.0 Å². The number of ether oxygens (including phenoxy) is 4. The summed E-state index contributed by atoms with van der Waals surface area (Å²) in [6.45, 7) is 21.9. The van der Waals surface area contributed by atoms with Crippen LogP contribution < -0.4 is 0 Å². The van der Waals surface area contributed by atoms with Crippen LogP contribution in [0.2, 0.25) is 0 Å². The quantitative estimate of drug-likeness (QED) is 0.115. The molecular weight excluding hydrogens is 1050 g/mol. The summed E-state index contributed by atoms with van der Waals surface area (Å²) >= 11 is 3.58. The van der Waals surface area contributed by atoms with Gasteiger partial charge >= 0.3 is 23.9 Å². The minimum Gasteiger partial charge on any atom is -0.451 e. The Balaban J connectivity index is 1.86. The summed E-state index contributed by atoms with van der Waals surface area (Å²) in [7, 11) is 5.57. The van der Waals surface area contributed by atoms with Crippen molar-refractivity contribution in [3.8, 4) is 0 Å². The first-order valence-corrected chi connectivity index (χ1v) is 27.5. The summed E-state index contributed by atoms with van der Waals surface area (Å²) in [5.74, 6) is -7.30. The third-order valence-corrected chi connectivity index (χ3v) is 15.0. The molecule has 1 aliphatic heterocycles. The number of carbonyl (C=O) groups is 8. The van der Waals surface area contributed by atoms with Crippen molar-refractivity contribution in [2.75, 3.05) is 28.2 Å². The van der Waals surface area contributed by atoms with Crippen LogP contribution >= 0.6 is 15.9 Å². The van der Waals surface area contributed by atoms with E-state index in [1.54, 1.807) is 30.3 Å². The molecule has 0 bridgehead atoms. The van der Waals surface area contributed by atoms with Crippen LogP contribution in [0.25, 0.3) is 0 Å². The highest BCUT2D eigenvalue weighted by Crippen LogP contribution is 2.25. The maximum Gasteiger partial charge on any atom is 0.329 e. The Morgan fingerprint density at radius 3 is 1.10 bits per heavy atom. The van der Waals surface area contributed by atoms with Crippen molar-refractivity contribution in [2.45, 2.75) is 177 Å². The van der Waals surface area contributed by atoms with E-state index < -0.39 is 96.1 Å². The van der Waals surface area contributed by atoms with E-state index in [2.05, 4.69) is 21.0 Å². The lowest BCUT2D eigenvalue weighted by Gasteiger charge is -2.35. The number of cyclic esters (lactones) is 4. The molecule has 4 amide bonds. The molecule has 2 heterocycles. The second-order valence-electron chi connectivity index (χ2n) is 22.2. The summed E-state index contributed by atoms with van der Waals surface area (Å²) in [6.07, 6.45) is -5.80. The molecule has 18 nitrogen and oxygen atoms in total. The monoisotopic (exact) mass is 1130 g/mol. The Bertz CT molecular complexity index is 2510. The molecule has 0 unspecified atom stereocenters. The molecule has 2 aromatic carbocycles. The molecule has 424 valence electrons. The lowest BCUT2D eigenvalue weighted by Crippen LogP contribution is -2.55. The number of likely N-dealkylation sites (N-methyl/N-ethyl adjacent to an activating group) is 4. The Hall–Kier alpha value is -6.11. The van der Waals surface area contributed by atoms with Gasteiger partial charge in [0.25, 0.3) is 23.6 Å². The van der Waals surface area contributed by atoms with Crippen LogP contribution in [0.3, 0.4) is 0 Å². The maximum atomic E-state index is 15.0. The van der Waals surface area contributed by atoms with Gasteiger partial charge in [0.1, 0.15) is 24.2 Å². The van der Waals surface area contributed by atoms with Crippen molar-refractivity contribution < 1.29 is 57.3 Å². The molecule has 77 heavy (non-hydrogen) atoms. The van der Waals surface area contributed by atoms with Crippen molar-refractivity contribution in [2.24, 2.45) is 23.7 Å². The largest absolute Gasteiger partial charge is 0.451 e. The van der Waals surface area contributed by atoms with Crippen molar-refractivity contribution in [3.63, 3.8) is 0 Å². The number of hydrogen-bond donors (Lipinski definition) is 0. The molecule has 0 aliphatic carbocycles. The first kappa shape index (κ1) is 63.4. The zero-order chi connectivity index (χ0) is 57.7. The van der Waals surface area contributed by atoms with Gasteiger partial charge in [-0.15, -0.1) is 0 Å². The van der Waals surface area contributed by atoms with E-state index in [4.69, 9.17) is 18.9 Å². The highest BCUT2D eigenvalue weighted by molar-refractivity contribution is 9.10. The highest BCUT2D eigenvalue weighted by atomic mass is 79.9. The van der Waals surface area contributed by atoms with Gasteiger partial charge in [-0.2, -0.15) is 5.10 Å². The molecule has 0 radical (unpaired) electrons. The van der Waals surface area contributed by atoms with Crippen molar-refractivity contribution in [3.05, 3.63) is 87.1 Å². The topological polar surface area (TPSA) is 204 Å². The number of rotatable bonds is 14. The summed E-state index contributed by atoms with van der Waals surface area (Å²) in [5.41, 5.74) is 3.97. The molecule has 1 aromatic heterocycles. The first-order valence-electron chi connectivity index (χ1n) is 26.7. The van der Waals surface area contributed by atoms with Gasteiger partial charge in [-0.3, -0.25) is 23.9 Å². The van der Waals surface area contributed by atoms with Gasteiger partial charge in [0.05, 0.1) is 22.4 Å². The number of esters is 4. The second kappa shape index (κ2) is 28.5. The Kier molecular flexibility index (Phi) is 23.5. The average Bonchev–Trinajstić information content (AvgIpc) is 3.61. The van der Waals surface area contributed by atoms with Crippen LogP contribution in [0.15, 0.2) is 59.1 Å². The van der Waals surface area contributed by atoms with Gasteiger partial charge in [0.2, 0.25) is 0 Å². The number of aryl methyl sites for hydroxylation is 1. The smallest absolute Gasteiger partial charge is 0.329 e. The van der Waals surface area contributed by atoms with E-state index in [1.807, 2.05) is 98.2 Å². The Morgan fingerprint density at radius 2 is 0.779 bits per heavy atom. The third kappa shape index (κ3) is 17.4. The van der Waals surface area contributed by atoms with Gasteiger partial charge in [-0.05, 0) is 110 Å². The molecule has 8 atom stereocenters. The minimum absolute atomic E-state index is 0.0883.